The zero-order valence-electron chi connectivity index (χ0n) is 47.0. The molecule has 0 fully saturated rings. The SMILES string of the molecule is CCCCCCCCCCCC(=O)Oc1ccc(C#Cc2cc(C#Cc3ccc(OC(=O)CCCCCCCCCCC)c(=O)cc3)cc(C#Cc3ccc(OC(=O)CCCCCCCCCCC)c(=O)cc3)c2)ccc1=O. The Labute approximate surface area is 465 Å². The van der Waals surface area contributed by atoms with E-state index in [4.69, 9.17) is 14.2 Å². The number of ether oxygens (including phenoxy) is 3. The lowest BCUT2D eigenvalue weighted by Gasteiger charge is -2.03. The number of hydrogen-bond donors (Lipinski definition) is 0. The Bertz CT molecular complexity index is 2560. The molecule has 0 aromatic heterocycles. The van der Waals surface area contributed by atoms with E-state index in [1.165, 1.54) is 133 Å². The lowest BCUT2D eigenvalue weighted by atomic mass is 10.0. The maximum atomic E-state index is 12.9. The predicted molar refractivity (Wildman–Crippen MR) is 315 cm³/mol. The fraction of sp³-hybridized carbons (Fsp3) is 0.478. The van der Waals surface area contributed by atoms with E-state index >= 15 is 0 Å². The van der Waals surface area contributed by atoms with Crippen LogP contribution in [0.3, 0.4) is 0 Å². The summed E-state index contributed by atoms with van der Waals surface area (Å²) in [7, 11) is 0. The first-order valence-electron chi connectivity index (χ1n) is 29.3. The van der Waals surface area contributed by atoms with E-state index in [9.17, 15) is 28.8 Å². The molecule has 0 N–H and O–H groups in total. The minimum Gasteiger partial charge on any atom is -0.422 e. The number of rotatable bonds is 33. The summed E-state index contributed by atoms with van der Waals surface area (Å²) in [4.78, 5) is 76.8. The summed E-state index contributed by atoms with van der Waals surface area (Å²) in [5.74, 6) is 17.3. The molecule has 0 radical (unpaired) electrons. The van der Waals surface area contributed by atoms with Crippen LogP contribution in [-0.2, 0) is 14.4 Å². The molecule has 0 heterocycles. The maximum Gasteiger partial charge on any atom is 0.311 e. The molecule has 4 rings (SSSR count). The molecule has 414 valence electrons. The Morgan fingerprint density at radius 2 is 0.487 bits per heavy atom. The Hall–Kier alpha value is -7.02. The number of unbranched alkanes of at least 4 members (excludes halogenated alkanes) is 24. The number of carbonyl (C=O) groups excluding carboxylic acids is 3. The molecule has 9 nitrogen and oxygen atoms in total. The van der Waals surface area contributed by atoms with Crippen LogP contribution in [0.4, 0.5) is 0 Å². The van der Waals surface area contributed by atoms with Crippen LogP contribution in [-0.4, -0.2) is 17.9 Å². The topological polar surface area (TPSA) is 130 Å². The van der Waals surface area contributed by atoms with E-state index < -0.39 is 34.2 Å². The second-order valence-electron chi connectivity index (χ2n) is 20.3. The van der Waals surface area contributed by atoms with Crippen molar-refractivity contribution in [1.82, 2.24) is 0 Å². The molecule has 0 bridgehead atoms. The Kier molecular flexibility index (Phi) is 32.0. The van der Waals surface area contributed by atoms with Crippen LogP contribution in [0, 0.1) is 35.5 Å². The van der Waals surface area contributed by atoms with Crippen molar-refractivity contribution in [1.29, 1.82) is 0 Å². The minimum absolute atomic E-state index is 0.0608. The first kappa shape index (κ1) is 63.5. The van der Waals surface area contributed by atoms with Crippen LogP contribution in [0.15, 0.2) is 105 Å². The summed E-state index contributed by atoms with van der Waals surface area (Å²) in [6.07, 6.45) is 31.1. The molecular formula is C69H84O9. The molecule has 0 atom stereocenters. The highest BCUT2D eigenvalue weighted by Crippen LogP contribution is 2.17. The molecule has 0 aliphatic heterocycles. The molecule has 0 saturated heterocycles. The first-order valence-corrected chi connectivity index (χ1v) is 29.3. The third-order valence-corrected chi connectivity index (χ3v) is 13.3. The molecule has 0 amide bonds. The van der Waals surface area contributed by atoms with Crippen LogP contribution in [0.2, 0.25) is 0 Å². The van der Waals surface area contributed by atoms with E-state index in [0.717, 1.165) is 57.8 Å². The van der Waals surface area contributed by atoms with Crippen molar-refractivity contribution in [3.8, 4) is 52.8 Å². The van der Waals surface area contributed by atoms with Crippen molar-refractivity contribution >= 4 is 17.9 Å². The molecule has 0 aliphatic carbocycles. The lowest BCUT2D eigenvalue weighted by molar-refractivity contribution is -0.135. The average molecular weight is 1060 g/mol. The van der Waals surface area contributed by atoms with Gasteiger partial charge in [0.25, 0.3) is 0 Å². The Morgan fingerprint density at radius 3 is 0.731 bits per heavy atom. The van der Waals surface area contributed by atoms with Crippen molar-refractivity contribution < 1.29 is 28.6 Å². The smallest absolute Gasteiger partial charge is 0.311 e. The van der Waals surface area contributed by atoms with Crippen molar-refractivity contribution in [2.45, 2.75) is 213 Å². The predicted octanol–water partition coefficient (Wildman–Crippen LogP) is 15.4. The van der Waals surface area contributed by atoms with Crippen molar-refractivity contribution in [3.63, 3.8) is 0 Å². The fourth-order valence-corrected chi connectivity index (χ4v) is 8.69. The van der Waals surface area contributed by atoms with Crippen LogP contribution >= 0.6 is 0 Å². The van der Waals surface area contributed by atoms with Crippen LogP contribution in [0.1, 0.15) is 247 Å². The quantitative estimate of drug-likeness (QED) is 0.0260. The number of hydrogen-bond acceptors (Lipinski definition) is 9. The second-order valence-corrected chi connectivity index (χ2v) is 20.3. The third-order valence-electron chi connectivity index (χ3n) is 13.3. The van der Waals surface area contributed by atoms with E-state index in [1.54, 1.807) is 54.6 Å². The van der Waals surface area contributed by atoms with Crippen molar-refractivity contribution in [3.05, 3.63) is 155 Å². The Balaban J connectivity index is 1.50. The number of carbonyl (C=O) groups is 3. The second kappa shape index (κ2) is 39.4. The van der Waals surface area contributed by atoms with Gasteiger partial charge in [0.15, 0.2) is 17.2 Å². The van der Waals surface area contributed by atoms with Gasteiger partial charge < -0.3 is 14.2 Å². The van der Waals surface area contributed by atoms with Crippen molar-refractivity contribution in [2.75, 3.05) is 0 Å². The summed E-state index contributed by atoms with van der Waals surface area (Å²) in [5, 5.41) is 0. The average Bonchev–Trinajstić information content (AvgIpc) is 3.81. The fourth-order valence-electron chi connectivity index (χ4n) is 8.69. The van der Waals surface area contributed by atoms with Crippen molar-refractivity contribution in [2.24, 2.45) is 0 Å². The molecule has 0 aliphatic rings. The van der Waals surface area contributed by atoms with Crippen LogP contribution in [0.25, 0.3) is 0 Å². The van der Waals surface area contributed by atoms with E-state index in [0.29, 0.717) is 52.6 Å². The number of esters is 3. The maximum absolute atomic E-state index is 12.9. The summed E-state index contributed by atoms with van der Waals surface area (Å²) < 4.78 is 16.5. The van der Waals surface area contributed by atoms with Gasteiger partial charge in [0.2, 0.25) is 16.3 Å². The first-order chi connectivity index (χ1) is 38.1. The molecule has 0 spiro atoms. The highest BCUT2D eigenvalue weighted by Gasteiger charge is 2.11. The van der Waals surface area contributed by atoms with Crippen LogP contribution in [0.5, 0.6) is 17.2 Å². The third kappa shape index (κ3) is 27.9. The van der Waals surface area contributed by atoms with Gasteiger partial charge in [0.1, 0.15) is 0 Å². The summed E-state index contributed by atoms with van der Waals surface area (Å²) in [6.45, 7) is 6.63. The summed E-state index contributed by atoms with van der Waals surface area (Å²) >= 11 is 0. The molecule has 4 aromatic rings. The van der Waals surface area contributed by atoms with Gasteiger partial charge in [-0.15, -0.1) is 0 Å². The van der Waals surface area contributed by atoms with E-state index in [2.05, 4.69) is 56.3 Å². The molecule has 4 aromatic carbocycles. The number of benzene rings is 1. The summed E-state index contributed by atoms with van der Waals surface area (Å²) in [5.41, 5.74) is 1.85. The largest absolute Gasteiger partial charge is 0.422 e. The monoisotopic (exact) mass is 1060 g/mol. The van der Waals surface area contributed by atoms with Gasteiger partial charge in [-0.3, -0.25) is 28.8 Å². The molecular weight excluding hydrogens is 973 g/mol. The minimum atomic E-state index is -0.442. The highest BCUT2D eigenvalue weighted by molar-refractivity contribution is 5.73. The molecule has 78 heavy (non-hydrogen) atoms. The molecule has 0 saturated carbocycles. The zero-order chi connectivity index (χ0) is 55.8. The highest BCUT2D eigenvalue weighted by atomic mass is 16.5. The normalized spacial score (nSPS) is 10.5. The van der Waals surface area contributed by atoms with Gasteiger partial charge in [-0.05, 0) is 110 Å². The molecule has 9 heteroatoms. The lowest BCUT2D eigenvalue weighted by Crippen LogP contribution is -2.12. The summed E-state index contributed by atoms with van der Waals surface area (Å²) in [6, 6.07) is 23.4. The standard InChI is InChI=1S/C69H84O9/c1-4-7-10-13-16-19-22-25-28-31-67(73)76-64-49-43-55(40-46-61(64)70)34-37-58-52-59(38-35-56-41-47-62(71)65(50-44-56)77-68(74)32-29-26-23-20-17-14-11-8-5-2)54-60(53-58)39-36-57-42-48-63(72)66(51-45-57)78-69(75)33-30-27-24-21-18-15-12-9-6-3/h40-54H,4-33H2,1-3H3. The van der Waals surface area contributed by atoms with E-state index in [-0.39, 0.29) is 36.5 Å². The Morgan fingerprint density at radius 1 is 0.282 bits per heavy atom. The van der Waals surface area contributed by atoms with Gasteiger partial charge >= 0.3 is 17.9 Å². The van der Waals surface area contributed by atoms with Gasteiger partial charge in [-0.2, -0.15) is 0 Å². The van der Waals surface area contributed by atoms with E-state index in [1.807, 2.05) is 0 Å². The van der Waals surface area contributed by atoms with Crippen LogP contribution < -0.4 is 30.5 Å². The van der Waals surface area contributed by atoms with Gasteiger partial charge in [-0.1, -0.05) is 210 Å². The van der Waals surface area contributed by atoms with Gasteiger partial charge in [0.05, 0.1) is 0 Å². The van der Waals surface area contributed by atoms with Gasteiger partial charge in [0, 0.05) is 52.6 Å². The zero-order valence-corrected chi connectivity index (χ0v) is 47.0. The molecule has 0 unspecified atom stereocenters. The van der Waals surface area contributed by atoms with Gasteiger partial charge in [-0.25, -0.2) is 0 Å².